The first kappa shape index (κ1) is 13.1. The van der Waals surface area contributed by atoms with Gasteiger partial charge in [0.25, 0.3) is 0 Å². The van der Waals surface area contributed by atoms with Gasteiger partial charge in [-0.05, 0) is 5.56 Å². The SMILES string of the molecule is COC(=O)C[C@@H]1CN(Cc2ccccc2)CCO1. The third kappa shape index (κ3) is 3.82. The van der Waals surface area contributed by atoms with Crippen molar-refractivity contribution in [3.63, 3.8) is 0 Å². The molecule has 1 aromatic rings. The molecule has 0 unspecified atom stereocenters. The number of carbonyl (C=O) groups is 1. The topological polar surface area (TPSA) is 38.8 Å². The fourth-order valence-electron chi connectivity index (χ4n) is 2.16. The van der Waals surface area contributed by atoms with Crippen molar-refractivity contribution < 1.29 is 14.3 Å². The molecule has 0 aliphatic carbocycles. The average molecular weight is 249 g/mol. The Morgan fingerprint density at radius 1 is 1.44 bits per heavy atom. The Labute approximate surface area is 107 Å². The fourth-order valence-corrected chi connectivity index (χ4v) is 2.16. The van der Waals surface area contributed by atoms with Crippen LogP contribution in [0.4, 0.5) is 0 Å². The van der Waals surface area contributed by atoms with Crippen LogP contribution in [0.1, 0.15) is 12.0 Å². The Balaban J connectivity index is 1.85. The Hall–Kier alpha value is -1.39. The first-order chi connectivity index (χ1) is 8.78. The smallest absolute Gasteiger partial charge is 0.308 e. The third-order valence-corrected chi connectivity index (χ3v) is 3.09. The molecule has 1 saturated heterocycles. The van der Waals surface area contributed by atoms with E-state index in [2.05, 4.69) is 21.8 Å². The van der Waals surface area contributed by atoms with E-state index in [-0.39, 0.29) is 12.1 Å². The van der Waals surface area contributed by atoms with Gasteiger partial charge in [-0.1, -0.05) is 30.3 Å². The summed E-state index contributed by atoms with van der Waals surface area (Å²) in [6, 6.07) is 10.3. The standard InChI is InChI=1S/C14H19NO3/c1-17-14(16)9-13-11-15(7-8-18-13)10-12-5-3-2-4-6-12/h2-6,13H,7-11H2,1H3/t13-/m1/s1. The van der Waals surface area contributed by atoms with Crippen LogP contribution in [0.25, 0.3) is 0 Å². The van der Waals surface area contributed by atoms with Gasteiger partial charge in [-0.25, -0.2) is 0 Å². The van der Waals surface area contributed by atoms with Crippen LogP contribution < -0.4 is 0 Å². The number of hydrogen-bond donors (Lipinski definition) is 0. The first-order valence-corrected chi connectivity index (χ1v) is 6.22. The lowest BCUT2D eigenvalue weighted by molar-refractivity contribution is -0.145. The number of benzene rings is 1. The van der Waals surface area contributed by atoms with Crippen LogP contribution in [0, 0.1) is 0 Å². The van der Waals surface area contributed by atoms with Crippen LogP contribution in [0.5, 0.6) is 0 Å². The minimum Gasteiger partial charge on any atom is -0.469 e. The van der Waals surface area contributed by atoms with Crippen LogP contribution in [-0.2, 0) is 20.8 Å². The predicted octanol–water partition coefficient (Wildman–Crippen LogP) is 1.45. The number of nitrogens with zero attached hydrogens (tertiary/aromatic N) is 1. The zero-order valence-electron chi connectivity index (χ0n) is 10.7. The van der Waals surface area contributed by atoms with Crippen LogP contribution >= 0.6 is 0 Å². The van der Waals surface area contributed by atoms with E-state index >= 15 is 0 Å². The highest BCUT2D eigenvalue weighted by molar-refractivity contribution is 5.69. The molecule has 0 saturated carbocycles. The van der Waals surface area contributed by atoms with Crippen molar-refractivity contribution in [3.8, 4) is 0 Å². The minimum atomic E-state index is -0.207. The van der Waals surface area contributed by atoms with E-state index in [1.54, 1.807) is 0 Å². The summed E-state index contributed by atoms with van der Waals surface area (Å²) >= 11 is 0. The van der Waals surface area contributed by atoms with Gasteiger partial charge in [0.15, 0.2) is 0 Å². The second kappa shape index (κ2) is 6.52. The first-order valence-electron chi connectivity index (χ1n) is 6.22. The van der Waals surface area contributed by atoms with Gasteiger partial charge in [0.1, 0.15) is 0 Å². The Morgan fingerprint density at radius 3 is 2.94 bits per heavy atom. The Bertz CT molecular complexity index is 380. The van der Waals surface area contributed by atoms with Crippen molar-refractivity contribution >= 4 is 5.97 Å². The number of morpholine rings is 1. The van der Waals surface area contributed by atoms with E-state index in [1.165, 1.54) is 12.7 Å². The molecule has 0 bridgehead atoms. The highest BCUT2D eigenvalue weighted by Gasteiger charge is 2.23. The van der Waals surface area contributed by atoms with Gasteiger partial charge in [-0.3, -0.25) is 9.69 Å². The van der Waals surface area contributed by atoms with Gasteiger partial charge in [-0.15, -0.1) is 0 Å². The van der Waals surface area contributed by atoms with Crippen molar-refractivity contribution in [3.05, 3.63) is 35.9 Å². The number of carbonyl (C=O) groups excluding carboxylic acids is 1. The van der Waals surface area contributed by atoms with Crippen molar-refractivity contribution in [2.24, 2.45) is 0 Å². The number of methoxy groups -OCH3 is 1. The number of hydrogen-bond acceptors (Lipinski definition) is 4. The van der Waals surface area contributed by atoms with E-state index in [0.29, 0.717) is 13.0 Å². The quantitative estimate of drug-likeness (QED) is 0.757. The zero-order chi connectivity index (χ0) is 12.8. The molecule has 1 aromatic carbocycles. The maximum Gasteiger partial charge on any atom is 0.308 e. The predicted molar refractivity (Wildman–Crippen MR) is 68.1 cm³/mol. The largest absolute Gasteiger partial charge is 0.469 e. The van der Waals surface area contributed by atoms with Gasteiger partial charge in [0, 0.05) is 19.6 Å². The molecule has 0 radical (unpaired) electrons. The third-order valence-electron chi connectivity index (χ3n) is 3.09. The van der Waals surface area contributed by atoms with Crippen molar-refractivity contribution in [1.29, 1.82) is 0 Å². The molecular weight excluding hydrogens is 230 g/mol. The zero-order valence-corrected chi connectivity index (χ0v) is 10.7. The maximum absolute atomic E-state index is 11.2. The van der Waals surface area contributed by atoms with Crippen LogP contribution in [0.15, 0.2) is 30.3 Å². The van der Waals surface area contributed by atoms with Gasteiger partial charge in [-0.2, -0.15) is 0 Å². The van der Waals surface area contributed by atoms with Gasteiger partial charge < -0.3 is 9.47 Å². The van der Waals surface area contributed by atoms with E-state index in [9.17, 15) is 4.79 Å². The molecular formula is C14H19NO3. The van der Waals surface area contributed by atoms with Crippen LogP contribution in [0.2, 0.25) is 0 Å². The highest BCUT2D eigenvalue weighted by Crippen LogP contribution is 2.12. The summed E-state index contributed by atoms with van der Waals surface area (Å²) in [5.41, 5.74) is 1.29. The van der Waals surface area contributed by atoms with E-state index in [1.807, 2.05) is 18.2 Å². The summed E-state index contributed by atoms with van der Waals surface area (Å²) in [5, 5.41) is 0. The van der Waals surface area contributed by atoms with E-state index < -0.39 is 0 Å². The fraction of sp³-hybridized carbons (Fsp3) is 0.500. The highest BCUT2D eigenvalue weighted by atomic mass is 16.5. The van der Waals surface area contributed by atoms with Gasteiger partial charge in [0.05, 0.1) is 26.2 Å². The second-order valence-corrected chi connectivity index (χ2v) is 4.49. The lowest BCUT2D eigenvalue weighted by Crippen LogP contribution is -2.42. The molecule has 18 heavy (non-hydrogen) atoms. The molecule has 0 amide bonds. The summed E-state index contributed by atoms with van der Waals surface area (Å²) in [4.78, 5) is 13.5. The number of esters is 1. The Morgan fingerprint density at radius 2 is 2.22 bits per heavy atom. The van der Waals surface area contributed by atoms with E-state index in [0.717, 1.165) is 19.6 Å². The lowest BCUT2D eigenvalue weighted by atomic mass is 10.1. The summed E-state index contributed by atoms with van der Waals surface area (Å²) in [6.45, 7) is 3.27. The number of rotatable bonds is 4. The molecule has 1 aliphatic heterocycles. The summed E-state index contributed by atoms with van der Waals surface area (Å²) in [6.07, 6.45) is 0.289. The average Bonchev–Trinajstić information content (AvgIpc) is 2.40. The number of ether oxygens (including phenoxy) is 2. The molecule has 1 fully saturated rings. The van der Waals surface area contributed by atoms with Crippen molar-refractivity contribution in [1.82, 2.24) is 4.90 Å². The van der Waals surface area contributed by atoms with Crippen molar-refractivity contribution in [2.75, 3.05) is 26.8 Å². The summed E-state index contributed by atoms with van der Waals surface area (Å²) < 4.78 is 10.2. The Kier molecular flexibility index (Phi) is 4.73. The molecule has 4 heteroatoms. The molecule has 0 N–H and O–H groups in total. The normalized spacial score (nSPS) is 20.6. The van der Waals surface area contributed by atoms with Crippen LogP contribution in [-0.4, -0.2) is 43.8 Å². The molecule has 98 valence electrons. The molecule has 2 rings (SSSR count). The van der Waals surface area contributed by atoms with Crippen molar-refractivity contribution in [2.45, 2.75) is 19.1 Å². The maximum atomic E-state index is 11.2. The molecule has 1 aliphatic rings. The monoisotopic (exact) mass is 249 g/mol. The summed E-state index contributed by atoms with van der Waals surface area (Å²) in [7, 11) is 1.41. The molecule has 0 aromatic heterocycles. The molecule has 0 spiro atoms. The van der Waals surface area contributed by atoms with Crippen LogP contribution in [0.3, 0.4) is 0 Å². The molecule has 1 heterocycles. The molecule has 1 atom stereocenters. The lowest BCUT2D eigenvalue weighted by Gasteiger charge is -2.32. The van der Waals surface area contributed by atoms with Gasteiger partial charge in [0.2, 0.25) is 0 Å². The van der Waals surface area contributed by atoms with E-state index in [4.69, 9.17) is 4.74 Å². The summed E-state index contributed by atoms with van der Waals surface area (Å²) in [5.74, 6) is -0.207. The second-order valence-electron chi connectivity index (χ2n) is 4.49. The minimum absolute atomic E-state index is 0.0464. The molecule has 4 nitrogen and oxygen atoms in total. The van der Waals surface area contributed by atoms with Gasteiger partial charge >= 0.3 is 5.97 Å².